The molecule has 1 rings (SSSR count). The smallest absolute Gasteiger partial charge is 0.145 e. The number of ether oxygens (including phenoxy) is 1. The highest BCUT2D eigenvalue weighted by Crippen LogP contribution is 2.22. The van der Waals surface area contributed by atoms with Crippen molar-refractivity contribution in [2.24, 2.45) is 5.84 Å². The molecule has 0 saturated heterocycles. The summed E-state index contributed by atoms with van der Waals surface area (Å²) >= 11 is 0. The third-order valence-electron chi connectivity index (χ3n) is 3.35. The summed E-state index contributed by atoms with van der Waals surface area (Å²) in [6.07, 6.45) is 1.04. The highest BCUT2D eigenvalue weighted by molar-refractivity contribution is 5.49. The van der Waals surface area contributed by atoms with E-state index in [1.165, 1.54) is 0 Å². The van der Waals surface area contributed by atoms with E-state index in [-0.39, 0.29) is 5.92 Å². The van der Waals surface area contributed by atoms with E-state index in [1.54, 1.807) is 7.11 Å². The largest absolute Gasteiger partial charge is 0.383 e. The molecule has 1 unspecified atom stereocenters. The molecule has 0 aliphatic heterocycles. The summed E-state index contributed by atoms with van der Waals surface area (Å²) in [7, 11) is 1.71. The lowest BCUT2D eigenvalue weighted by molar-refractivity contribution is 0.203. The maximum Gasteiger partial charge on any atom is 0.145 e. The molecule has 6 heteroatoms. The van der Waals surface area contributed by atoms with Crippen molar-refractivity contribution in [1.82, 2.24) is 9.97 Å². The maximum atomic E-state index is 5.51. The average molecular weight is 281 g/mol. The minimum Gasteiger partial charge on any atom is -0.383 e. The van der Waals surface area contributed by atoms with Gasteiger partial charge in [0.1, 0.15) is 17.5 Å². The molecule has 1 atom stereocenters. The fourth-order valence-electron chi connectivity index (χ4n) is 1.90. The average Bonchev–Trinajstić information content (AvgIpc) is 2.46. The lowest BCUT2D eigenvalue weighted by Gasteiger charge is -2.30. The number of rotatable bonds is 8. The zero-order valence-corrected chi connectivity index (χ0v) is 13.2. The monoisotopic (exact) mass is 281 g/mol. The van der Waals surface area contributed by atoms with Gasteiger partial charge in [-0.05, 0) is 13.3 Å². The number of aromatic nitrogens is 2. The topological polar surface area (TPSA) is 76.3 Å². The molecule has 0 aromatic carbocycles. The molecule has 0 aliphatic carbocycles. The molecule has 0 saturated carbocycles. The van der Waals surface area contributed by atoms with Gasteiger partial charge < -0.3 is 15.1 Å². The van der Waals surface area contributed by atoms with Crippen LogP contribution in [-0.2, 0) is 4.74 Å². The number of nitrogens with two attached hydrogens (primary N) is 1. The van der Waals surface area contributed by atoms with Gasteiger partial charge in [0.15, 0.2) is 0 Å². The van der Waals surface area contributed by atoms with Crippen molar-refractivity contribution in [3.63, 3.8) is 0 Å². The SMILES string of the molecule is CCC(C)N(CCOC)c1cc(NN)nc(C(C)C)n1. The van der Waals surface area contributed by atoms with Crippen LogP contribution in [0.25, 0.3) is 0 Å². The van der Waals surface area contributed by atoms with Crippen LogP contribution in [0.15, 0.2) is 6.07 Å². The first-order chi connectivity index (χ1) is 9.53. The lowest BCUT2D eigenvalue weighted by atomic mass is 10.2. The van der Waals surface area contributed by atoms with E-state index < -0.39 is 0 Å². The van der Waals surface area contributed by atoms with Crippen LogP contribution >= 0.6 is 0 Å². The predicted molar refractivity (Wildman–Crippen MR) is 82.9 cm³/mol. The molecule has 6 nitrogen and oxygen atoms in total. The molecule has 0 fully saturated rings. The standard InChI is InChI=1S/C14H27N5O/c1-6-11(4)19(7-8-20-5)13-9-12(18-15)16-14(17-13)10(2)3/h9-11H,6-8,15H2,1-5H3,(H,16,17,18). The Labute approximate surface area is 121 Å². The van der Waals surface area contributed by atoms with Crippen molar-refractivity contribution in [3.8, 4) is 0 Å². The normalized spacial score (nSPS) is 12.6. The second kappa shape index (κ2) is 8.01. The van der Waals surface area contributed by atoms with Crippen LogP contribution in [0, 0.1) is 0 Å². The van der Waals surface area contributed by atoms with Crippen LogP contribution in [-0.4, -0.2) is 36.3 Å². The fourth-order valence-corrected chi connectivity index (χ4v) is 1.90. The van der Waals surface area contributed by atoms with Crippen molar-refractivity contribution >= 4 is 11.6 Å². The molecule has 3 N–H and O–H groups in total. The third-order valence-corrected chi connectivity index (χ3v) is 3.35. The maximum absolute atomic E-state index is 5.51. The second-order valence-corrected chi connectivity index (χ2v) is 5.21. The summed E-state index contributed by atoms with van der Waals surface area (Å²) in [4.78, 5) is 11.3. The van der Waals surface area contributed by atoms with E-state index in [0.717, 1.165) is 24.6 Å². The zero-order valence-electron chi connectivity index (χ0n) is 13.2. The minimum atomic E-state index is 0.253. The molecule has 0 amide bonds. The molecule has 1 heterocycles. The van der Waals surface area contributed by atoms with Gasteiger partial charge in [-0.25, -0.2) is 15.8 Å². The van der Waals surface area contributed by atoms with Gasteiger partial charge in [-0.3, -0.25) is 0 Å². The van der Waals surface area contributed by atoms with Crippen molar-refractivity contribution in [1.29, 1.82) is 0 Å². The number of anilines is 2. The molecule has 1 aromatic heterocycles. The quantitative estimate of drug-likeness (QED) is 0.561. The number of hydrogen-bond donors (Lipinski definition) is 2. The van der Waals surface area contributed by atoms with Crippen molar-refractivity contribution in [2.75, 3.05) is 30.6 Å². The number of nitrogens with zero attached hydrogens (tertiary/aromatic N) is 3. The van der Waals surface area contributed by atoms with E-state index in [1.807, 2.05) is 6.07 Å². The van der Waals surface area contributed by atoms with Gasteiger partial charge >= 0.3 is 0 Å². The van der Waals surface area contributed by atoms with Crippen LogP contribution in [0.4, 0.5) is 11.6 Å². The Hall–Kier alpha value is -1.40. The molecule has 0 spiro atoms. The van der Waals surface area contributed by atoms with Gasteiger partial charge in [0.05, 0.1) is 6.61 Å². The van der Waals surface area contributed by atoms with E-state index in [4.69, 9.17) is 10.6 Å². The summed E-state index contributed by atoms with van der Waals surface area (Å²) < 4.78 is 5.20. The van der Waals surface area contributed by atoms with Crippen LogP contribution in [0.2, 0.25) is 0 Å². The van der Waals surface area contributed by atoms with Crippen LogP contribution in [0.3, 0.4) is 0 Å². The van der Waals surface area contributed by atoms with Crippen LogP contribution in [0.5, 0.6) is 0 Å². The molecule has 114 valence electrons. The third kappa shape index (κ3) is 4.31. The zero-order chi connectivity index (χ0) is 15.1. The van der Waals surface area contributed by atoms with E-state index in [2.05, 4.69) is 48.0 Å². The highest BCUT2D eigenvalue weighted by atomic mass is 16.5. The summed E-state index contributed by atoms with van der Waals surface area (Å²) in [6.45, 7) is 9.95. The van der Waals surface area contributed by atoms with Crippen molar-refractivity contribution in [3.05, 3.63) is 11.9 Å². The number of methoxy groups -OCH3 is 1. The summed E-state index contributed by atoms with van der Waals surface area (Å²) in [5, 5.41) is 0. The molecule has 0 aliphatic rings. The summed E-state index contributed by atoms with van der Waals surface area (Å²) in [5.74, 6) is 8.09. The molecule has 0 bridgehead atoms. The molecule has 0 radical (unpaired) electrons. The Balaban J connectivity index is 3.13. The second-order valence-electron chi connectivity index (χ2n) is 5.21. The van der Waals surface area contributed by atoms with Gasteiger partial charge in [0.25, 0.3) is 0 Å². The van der Waals surface area contributed by atoms with Gasteiger partial charge in [0, 0.05) is 31.7 Å². The summed E-state index contributed by atoms with van der Waals surface area (Å²) in [6, 6.07) is 2.26. The van der Waals surface area contributed by atoms with Gasteiger partial charge in [-0.15, -0.1) is 0 Å². The van der Waals surface area contributed by atoms with Crippen LogP contribution in [0.1, 0.15) is 45.9 Å². The van der Waals surface area contributed by atoms with Gasteiger partial charge in [-0.2, -0.15) is 0 Å². The Kier molecular flexibility index (Phi) is 6.67. The fraction of sp³-hybridized carbons (Fsp3) is 0.714. The highest BCUT2D eigenvalue weighted by Gasteiger charge is 2.17. The van der Waals surface area contributed by atoms with E-state index in [9.17, 15) is 0 Å². The van der Waals surface area contributed by atoms with Crippen molar-refractivity contribution < 1.29 is 4.74 Å². The van der Waals surface area contributed by atoms with E-state index >= 15 is 0 Å². The molecule has 20 heavy (non-hydrogen) atoms. The van der Waals surface area contributed by atoms with Crippen molar-refractivity contribution in [2.45, 2.75) is 46.1 Å². The first kappa shape index (κ1) is 16.7. The first-order valence-electron chi connectivity index (χ1n) is 7.14. The van der Waals surface area contributed by atoms with Gasteiger partial charge in [-0.1, -0.05) is 20.8 Å². The molecular formula is C14H27N5O. The van der Waals surface area contributed by atoms with E-state index in [0.29, 0.717) is 18.5 Å². The number of hydrazine groups is 1. The Morgan fingerprint density at radius 2 is 2.05 bits per heavy atom. The Bertz CT molecular complexity index is 411. The Morgan fingerprint density at radius 1 is 1.35 bits per heavy atom. The predicted octanol–water partition coefficient (Wildman–Crippen LogP) is 2.14. The lowest BCUT2D eigenvalue weighted by Crippen LogP contribution is -2.36. The Morgan fingerprint density at radius 3 is 2.55 bits per heavy atom. The number of nitrogens with one attached hydrogen (secondary N) is 1. The summed E-state index contributed by atoms with van der Waals surface area (Å²) in [5.41, 5.74) is 2.62. The molecule has 1 aromatic rings. The number of nitrogen functional groups attached to an aromatic ring is 1. The molecular weight excluding hydrogens is 254 g/mol. The van der Waals surface area contributed by atoms with Crippen LogP contribution < -0.4 is 16.2 Å². The minimum absolute atomic E-state index is 0.253. The number of hydrogen-bond acceptors (Lipinski definition) is 6. The first-order valence-corrected chi connectivity index (χ1v) is 7.14. The van der Waals surface area contributed by atoms with Gasteiger partial charge in [0.2, 0.25) is 0 Å².